The van der Waals surface area contributed by atoms with Crippen molar-refractivity contribution in [1.29, 1.82) is 0 Å². The zero-order valence-electron chi connectivity index (χ0n) is 49.7. The van der Waals surface area contributed by atoms with Gasteiger partial charge >= 0.3 is 0 Å². The molecule has 6 heteroatoms. The molecule has 0 atom stereocenters. The molecule has 350 valence electrons. The fourth-order valence-electron chi connectivity index (χ4n) is 10.5. The first-order chi connectivity index (χ1) is 37.8. The van der Waals surface area contributed by atoms with Gasteiger partial charge in [-0.2, -0.15) is 0 Å². The minimum Gasteiger partial charge on any atom is -0.457 e. The molecule has 4 aromatic heterocycles. The minimum absolute atomic E-state index is 0.0810. The van der Waals surface area contributed by atoms with Gasteiger partial charge in [-0.25, -0.2) is 4.98 Å². The highest BCUT2D eigenvalue weighted by Crippen LogP contribution is 2.46. The molecule has 0 N–H and O–H groups in total. The van der Waals surface area contributed by atoms with Crippen LogP contribution in [0.25, 0.3) is 82.2 Å². The van der Waals surface area contributed by atoms with Crippen LogP contribution in [0.5, 0.6) is 11.5 Å². The van der Waals surface area contributed by atoms with E-state index in [4.69, 9.17) is 27.0 Å². The summed E-state index contributed by atoms with van der Waals surface area (Å²) < 4.78 is 90.4. The molecule has 0 fully saturated rings. The summed E-state index contributed by atoms with van der Waals surface area (Å²) in [6.45, 7) is 2.29. The summed E-state index contributed by atoms with van der Waals surface area (Å²) in [4.78, 5) is 12.3. The van der Waals surface area contributed by atoms with Crippen LogP contribution >= 0.6 is 0 Å². The van der Waals surface area contributed by atoms with E-state index in [1.165, 1.54) is 17.7 Å². The molecule has 1 aliphatic heterocycles. The summed E-state index contributed by atoms with van der Waals surface area (Å²) in [6.07, 6.45) is 3.70. The van der Waals surface area contributed by atoms with Crippen LogP contribution in [0, 0.1) is 0 Å². The molecule has 7 aromatic carbocycles. The number of benzene rings is 7. The second kappa shape index (κ2) is 16.3. The number of anilines is 2. The van der Waals surface area contributed by atoms with Crippen LogP contribution in [0.1, 0.15) is 91.1 Å². The molecular formula is C65H59N5O. The Hall–Kier alpha value is -7.96. The van der Waals surface area contributed by atoms with Crippen molar-refractivity contribution in [3.8, 4) is 28.4 Å². The molecule has 71 heavy (non-hydrogen) atoms. The van der Waals surface area contributed by atoms with E-state index in [-0.39, 0.29) is 17.6 Å². The lowest BCUT2D eigenvalue weighted by atomic mass is 9.78. The first-order valence-corrected chi connectivity index (χ1v) is 24.2. The number of rotatable bonds is 5. The zero-order valence-corrected chi connectivity index (χ0v) is 40.7. The molecular weight excluding hydrogens is 867 g/mol. The van der Waals surface area contributed by atoms with Crippen LogP contribution in [-0.2, 0) is 22.9 Å². The van der Waals surface area contributed by atoms with E-state index >= 15 is 0 Å². The Morgan fingerprint density at radius 1 is 0.479 bits per heavy atom. The maximum atomic E-state index is 8.79. The Labute approximate surface area is 428 Å². The molecule has 0 unspecified atom stereocenters. The number of pyridine rings is 2. The SMILES string of the molecule is [2H]C([2H])([2H])C(c1cc(-c2cccc3c4ccccc4c4ccccc4c4nccc5c4n(c23)CN5c2cccc(Oc3ccc4c5ccccc5n(-c5cc(C(C)(C)C)ccn5)c4c3)c2)cc(C(C)(C)C)c1)(C([2H])([2H])[2H])C([2H])([2H])[2H]. The van der Waals surface area contributed by atoms with E-state index in [9.17, 15) is 0 Å². The monoisotopic (exact) mass is 935 g/mol. The minimum atomic E-state index is -3.47. The molecule has 1 aliphatic rings. The summed E-state index contributed by atoms with van der Waals surface area (Å²) in [6, 6.07) is 56.1. The van der Waals surface area contributed by atoms with Gasteiger partial charge in [0, 0.05) is 69.7 Å². The Kier molecular flexibility index (Phi) is 8.08. The van der Waals surface area contributed by atoms with Crippen LogP contribution in [0.3, 0.4) is 0 Å². The summed E-state index contributed by atoms with van der Waals surface area (Å²) in [5.74, 6) is 2.08. The third kappa shape index (κ3) is 7.56. The van der Waals surface area contributed by atoms with Crippen LogP contribution < -0.4 is 9.64 Å². The topological polar surface area (TPSA) is 48.1 Å². The third-order valence-corrected chi connectivity index (χ3v) is 14.1. The fraction of sp³-hybridized carbons (Fsp3) is 0.200. The smallest absolute Gasteiger partial charge is 0.137 e. The number of ether oxygens (including phenoxy) is 1. The predicted molar refractivity (Wildman–Crippen MR) is 299 cm³/mol. The van der Waals surface area contributed by atoms with Gasteiger partial charge in [-0.15, -0.1) is 0 Å². The maximum Gasteiger partial charge on any atom is 0.137 e. The van der Waals surface area contributed by atoms with Gasteiger partial charge in [-0.05, 0) is 103 Å². The van der Waals surface area contributed by atoms with Gasteiger partial charge in [0.2, 0.25) is 0 Å². The van der Waals surface area contributed by atoms with Crippen molar-refractivity contribution in [1.82, 2.24) is 19.1 Å². The van der Waals surface area contributed by atoms with Gasteiger partial charge in [0.15, 0.2) is 0 Å². The zero-order chi connectivity index (χ0) is 56.5. The summed E-state index contributed by atoms with van der Waals surface area (Å²) in [5, 5.41) is 6.80. The van der Waals surface area contributed by atoms with Crippen molar-refractivity contribution in [2.24, 2.45) is 0 Å². The average Bonchev–Trinajstić information content (AvgIpc) is 3.97. The molecule has 0 amide bonds. The quantitative estimate of drug-likeness (QED) is 0.173. The van der Waals surface area contributed by atoms with E-state index < -0.39 is 31.4 Å². The highest BCUT2D eigenvalue weighted by atomic mass is 16.5. The molecule has 5 heterocycles. The van der Waals surface area contributed by atoms with E-state index in [1.54, 1.807) is 0 Å². The standard InChI is InChI=1S/C65H59N5O/c1-63(2,3)42-30-32-66-59(37-42)70-56-27-15-14-23-52(56)53-29-28-47(39-58(53)70)71-46-19-16-18-45(38-46)68-40-69-61-48(41-34-43(64(4,5)6)36-44(35-41)65(7,8)9)25-17-26-55(61)51-22-11-10-20-49(51)50-21-12-13-24-54(50)60-62(69)57(68)31-33-67-60/h10-39H,40H2,1-9H3/i4D3,5D3,6D3. The second-order valence-electron chi connectivity index (χ2n) is 20.9. The summed E-state index contributed by atoms with van der Waals surface area (Å²) >= 11 is 0. The number of nitrogens with zero attached hydrogens (tertiary/aromatic N) is 5. The third-order valence-electron chi connectivity index (χ3n) is 14.1. The molecule has 0 radical (unpaired) electrons. The van der Waals surface area contributed by atoms with Gasteiger partial charge in [0.1, 0.15) is 24.0 Å². The van der Waals surface area contributed by atoms with Gasteiger partial charge < -0.3 is 14.2 Å². The molecule has 12 rings (SSSR count). The van der Waals surface area contributed by atoms with Crippen molar-refractivity contribution in [2.45, 2.75) is 85.0 Å². The highest BCUT2D eigenvalue weighted by Gasteiger charge is 2.28. The van der Waals surface area contributed by atoms with Gasteiger partial charge in [0.05, 0.1) is 33.3 Å². The van der Waals surface area contributed by atoms with Gasteiger partial charge in [-0.1, -0.05) is 171 Å². The Morgan fingerprint density at radius 2 is 1.10 bits per heavy atom. The summed E-state index contributed by atoms with van der Waals surface area (Å²) in [5.41, 5.74) is 4.54. The van der Waals surface area contributed by atoms with Crippen molar-refractivity contribution in [3.63, 3.8) is 0 Å². The van der Waals surface area contributed by atoms with Crippen LogP contribution in [0.15, 0.2) is 182 Å². The first-order valence-electron chi connectivity index (χ1n) is 28.7. The number of fused-ring (bicyclic) bond motifs is 10. The molecule has 0 spiro atoms. The molecule has 11 aromatic rings. The van der Waals surface area contributed by atoms with E-state index in [0.29, 0.717) is 28.2 Å². The fourth-order valence-corrected chi connectivity index (χ4v) is 10.5. The Bertz CT molecular complexity index is 4350. The van der Waals surface area contributed by atoms with Crippen LogP contribution in [0.4, 0.5) is 11.4 Å². The molecule has 0 saturated heterocycles. The normalized spacial score (nSPS) is 15.5. The van der Waals surface area contributed by atoms with Crippen LogP contribution in [0.2, 0.25) is 0 Å². The Morgan fingerprint density at radius 3 is 1.85 bits per heavy atom. The van der Waals surface area contributed by atoms with Crippen molar-refractivity contribution in [3.05, 3.63) is 199 Å². The molecule has 0 aliphatic carbocycles. The lowest BCUT2D eigenvalue weighted by molar-refractivity contribution is 0.483. The largest absolute Gasteiger partial charge is 0.457 e. The number of hydrogen-bond acceptors (Lipinski definition) is 4. The van der Waals surface area contributed by atoms with Crippen molar-refractivity contribution in [2.75, 3.05) is 4.90 Å². The van der Waals surface area contributed by atoms with E-state index in [1.807, 2.05) is 118 Å². The van der Waals surface area contributed by atoms with E-state index in [2.05, 4.69) is 108 Å². The summed E-state index contributed by atoms with van der Waals surface area (Å²) in [7, 11) is 0. The number of para-hydroxylation sites is 2. The number of aromatic nitrogens is 4. The second-order valence-corrected chi connectivity index (χ2v) is 20.9. The predicted octanol–water partition coefficient (Wildman–Crippen LogP) is 17.6. The Balaban J connectivity index is 1.08. The van der Waals surface area contributed by atoms with Crippen molar-refractivity contribution < 1.29 is 17.1 Å². The van der Waals surface area contributed by atoms with E-state index in [0.717, 1.165) is 82.5 Å². The van der Waals surface area contributed by atoms with Gasteiger partial charge in [0.25, 0.3) is 0 Å². The lowest BCUT2D eigenvalue weighted by Crippen LogP contribution is -2.17. The van der Waals surface area contributed by atoms with Crippen molar-refractivity contribution >= 4 is 76.7 Å². The maximum absolute atomic E-state index is 8.79. The lowest BCUT2D eigenvalue weighted by Gasteiger charge is -2.27. The highest BCUT2D eigenvalue weighted by molar-refractivity contribution is 6.21. The molecule has 0 bridgehead atoms. The molecule has 6 nitrogen and oxygen atoms in total. The first kappa shape index (κ1) is 35.2. The molecule has 0 saturated carbocycles. The number of hydrogen-bond donors (Lipinski definition) is 0. The average molecular weight is 935 g/mol. The van der Waals surface area contributed by atoms with Crippen LogP contribution in [-0.4, -0.2) is 19.1 Å². The van der Waals surface area contributed by atoms with Gasteiger partial charge in [-0.3, -0.25) is 9.55 Å².